The van der Waals surface area contributed by atoms with Crippen LogP contribution in [0.15, 0.2) is 53.5 Å². The molecule has 3 aromatic carbocycles. The molecular formula is C29H24F2N6O3. The minimum Gasteiger partial charge on any atom is -0.444 e. The fourth-order valence-corrected chi connectivity index (χ4v) is 4.67. The molecule has 2 heterocycles. The Balaban J connectivity index is 1.68. The van der Waals surface area contributed by atoms with E-state index in [-0.39, 0.29) is 45.4 Å². The van der Waals surface area contributed by atoms with Gasteiger partial charge in [0.15, 0.2) is 0 Å². The number of nitrogens with one attached hydrogen (secondary N) is 2. The molecule has 0 atom stereocenters. The predicted octanol–water partition coefficient (Wildman–Crippen LogP) is 5.32. The number of H-pyrrole nitrogens is 1. The van der Waals surface area contributed by atoms with E-state index in [0.29, 0.717) is 16.3 Å². The van der Waals surface area contributed by atoms with Gasteiger partial charge in [-0.1, -0.05) is 24.3 Å². The van der Waals surface area contributed by atoms with E-state index in [2.05, 4.69) is 26.7 Å². The number of hydrogen-bond donors (Lipinski definition) is 2. The molecule has 1 amide bonds. The van der Waals surface area contributed by atoms with E-state index >= 15 is 8.78 Å². The van der Waals surface area contributed by atoms with Crippen LogP contribution in [0.3, 0.4) is 0 Å². The van der Waals surface area contributed by atoms with Crippen molar-refractivity contribution in [3.8, 4) is 28.5 Å². The highest BCUT2D eigenvalue weighted by Crippen LogP contribution is 2.39. The summed E-state index contributed by atoms with van der Waals surface area (Å²) in [4.78, 5) is 24.7. The molecule has 0 spiro atoms. The molecule has 0 saturated carbocycles. The van der Waals surface area contributed by atoms with E-state index in [4.69, 9.17) is 4.74 Å². The lowest BCUT2D eigenvalue weighted by atomic mass is 9.93. The number of fused-ring (bicyclic) bond motifs is 2. The summed E-state index contributed by atoms with van der Waals surface area (Å²) in [5.74, 6) is -1.48. The van der Waals surface area contributed by atoms with Gasteiger partial charge in [-0.25, -0.2) is 18.7 Å². The van der Waals surface area contributed by atoms with Crippen molar-refractivity contribution in [2.45, 2.75) is 32.9 Å². The van der Waals surface area contributed by atoms with Gasteiger partial charge in [-0.2, -0.15) is 15.5 Å². The van der Waals surface area contributed by atoms with Crippen LogP contribution in [0.5, 0.6) is 0 Å². The third-order valence-electron chi connectivity index (χ3n) is 6.32. The van der Waals surface area contributed by atoms with Gasteiger partial charge >= 0.3 is 6.09 Å². The molecule has 0 saturated heterocycles. The van der Waals surface area contributed by atoms with Gasteiger partial charge in [0.05, 0.1) is 40.6 Å². The van der Waals surface area contributed by atoms with Crippen LogP contribution >= 0.6 is 0 Å². The Morgan fingerprint density at radius 1 is 1.15 bits per heavy atom. The molecule has 2 aromatic heterocycles. The summed E-state index contributed by atoms with van der Waals surface area (Å²) < 4.78 is 37.7. The standard InChI is InChI=1S/C29H24F2N6O3/c1-29(2,3)40-28(39)33-14-23-18-9-16(11-22(31)25(18)27(38)36-35-23)20-13-34-37(4)26(20)24-19(12-32)17-8-6-5-7-15(17)10-21(24)30/h5-11,13H,14H2,1-4H3,(H,33,39)(H,36,38). The largest absolute Gasteiger partial charge is 0.444 e. The fourth-order valence-electron chi connectivity index (χ4n) is 4.67. The summed E-state index contributed by atoms with van der Waals surface area (Å²) in [5.41, 5.74) is -0.309. The van der Waals surface area contributed by atoms with E-state index in [1.165, 1.54) is 23.0 Å². The number of aromatic amines is 1. The number of halogens is 2. The summed E-state index contributed by atoms with van der Waals surface area (Å²) in [6.07, 6.45) is 0.723. The average molecular weight is 543 g/mol. The van der Waals surface area contributed by atoms with Crippen LogP contribution in [-0.4, -0.2) is 31.7 Å². The first kappa shape index (κ1) is 26.5. The Labute approximate surface area is 227 Å². The summed E-state index contributed by atoms with van der Waals surface area (Å²) in [6.45, 7) is 4.97. The Bertz CT molecular complexity index is 1910. The van der Waals surface area contributed by atoms with Gasteiger partial charge < -0.3 is 10.1 Å². The maximum absolute atomic E-state index is 15.6. The Kier molecular flexibility index (Phi) is 6.55. The lowest BCUT2D eigenvalue weighted by Gasteiger charge is -2.19. The number of nitrogens with zero attached hydrogens (tertiary/aromatic N) is 4. The quantitative estimate of drug-likeness (QED) is 0.317. The number of aryl methyl sites for hydroxylation is 1. The van der Waals surface area contributed by atoms with Crippen LogP contribution in [0.2, 0.25) is 0 Å². The van der Waals surface area contributed by atoms with Crippen molar-refractivity contribution in [3.63, 3.8) is 0 Å². The number of carbonyl (C=O) groups is 1. The monoisotopic (exact) mass is 542 g/mol. The number of alkyl carbamates (subject to hydrolysis) is 1. The molecule has 5 aromatic rings. The number of carbonyl (C=O) groups excluding carboxylic acids is 1. The van der Waals surface area contributed by atoms with Crippen LogP contribution in [-0.2, 0) is 18.3 Å². The zero-order valence-electron chi connectivity index (χ0n) is 22.1. The Morgan fingerprint density at radius 2 is 1.90 bits per heavy atom. The second kappa shape index (κ2) is 9.89. The molecule has 0 unspecified atom stereocenters. The first-order valence-corrected chi connectivity index (χ1v) is 12.3. The first-order valence-electron chi connectivity index (χ1n) is 12.3. The molecule has 11 heteroatoms. The minimum absolute atomic E-state index is 0.0209. The summed E-state index contributed by atoms with van der Waals surface area (Å²) >= 11 is 0. The second-order valence-electron chi connectivity index (χ2n) is 10.2. The summed E-state index contributed by atoms with van der Waals surface area (Å²) in [5, 5.41) is 24.1. The number of aromatic nitrogens is 4. The van der Waals surface area contributed by atoms with Gasteiger partial charge in [-0.3, -0.25) is 9.48 Å². The zero-order chi connectivity index (χ0) is 28.8. The predicted molar refractivity (Wildman–Crippen MR) is 145 cm³/mol. The highest BCUT2D eigenvalue weighted by atomic mass is 19.1. The van der Waals surface area contributed by atoms with Crippen molar-refractivity contribution < 1.29 is 18.3 Å². The lowest BCUT2D eigenvalue weighted by molar-refractivity contribution is 0.0523. The number of rotatable bonds is 4. The molecule has 0 aliphatic rings. The molecule has 0 aliphatic carbocycles. The number of amides is 1. The van der Waals surface area contributed by atoms with Crippen molar-refractivity contribution in [1.82, 2.24) is 25.3 Å². The number of ether oxygens (including phenoxy) is 1. The highest BCUT2D eigenvalue weighted by Gasteiger charge is 2.24. The number of nitriles is 1. The van der Waals surface area contributed by atoms with E-state index < -0.39 is 28.9 Å². The average Bonchev–Trinajstić information content (AvgIpc) is 3.26. The second-order valence-corrected chi connectivity index (χ2v) is 10.2. The molecular weight excluding hydrogens is 518 g/mol. The zero-order valence-corrected chi connectivity index (χ0v) is 22.1. The van der Waals surface area contributed by atoms with Gasteiger partial charge in [-0.05, 0) is 49.9 Å². The minimum atomic E-state index is -0.844. The van der Waals surface area contributed by atoms with Gasteiger partial charge in [0.2, 0.25) is 0 Å². The molecule has 2 N–H and O–H groups in total. The van der Waals surface area contributed by atoms with Gasteiger partial charge in [0, 0.05) is 23.4 Å². The normalized spacial score (nSPS) is 11.5. The Morgan fingerprint density at radius 3 is 2.62 bits per heavy atom. The third-order valence-corrected chi connectivity index (χ3v) is 6.32. The van der Waals surface area contributed by atoms with E-state index in [9.17, 15) is 14.9 Å². The maximum Gasteiger partial charge on any atom is 0.407 e. The van der Waals surface area contributed by atoms with Crippen molar-refractivity contribution >= 4 is 27.6 Å². The van der Waals surface area contributed by atoms with Crippen molar-refractivity contribution in [2.24, 2.45) is 7.05 Å². The van der Waals surface area contributed by atoms with Crippen LogP contribution in [0, 0.1) is 23.0 Å². The molecule has 0 fully saturated rings. The molecule has 0 bridgehead atoms. The molecule has 202 valence electrons. The van der Waals surface area contributed by atoms with Gasteiger partial charge in [0.1, 0.15) is 23.3 Å². The third kappa shape index (κ3) is 4.75. The molecule has 40 heavy (non-hydrogen) atoms. The van der Waals surface area contributed by atoms with E-state index in [1.807, 2.05) is 0 Å². The Hall–Kier alpha value is -5.11. The number of hydrogen-bond acceptors (Lipinski definition) is 6. The van der Waals surface area contributed by atoms with Crippen molar-refractivity contribution in [2.75, 3.05) is 0 Å². The topological polar surface area (TPSA) is 126 Å². The molecule has 5 rings (SSSR count). The van der Waals surface area contributed by atoms with Crippen LogP contribution in [0.4, 0.5) is 13.6 Å². The van der Waals surface area contributed by atoms with Gasteiger partial charge in [-0.15, -0.1) is 0 Å². The molecule has 0 radical (unpaired) electrons. The van der Waals surface area contributed by atoms with Gasteiger partial charge in [0.25, 0.3) is 5.56 Å². The first-order chi connectivity index (χ1) is 19.0. The highest BCUT2D eigenvalue weighted by molar-refractivity contribution is 5.98. The molecule has 0 aliphatic heterocycles. The van der Waals surface area contributed by atoms with Crippen molar-refractivity contribution in [1.29, 1.82) is 5.26 Å². The number of benzene rings is 3. The fraction of sp³-hybridized carbons (Fsp3) is 0.207. The van der Waals surface area contributed by atoms with E-state index in [0.717, 1.165) is 6.07 Å². The smallest absolute Gasteiger partial charge is 0.407 e. The molecule has 9 nitrogen and oxygen atoms in total. The SMILES string of the molecule is Cn1ncc(-c2cc(F)c3c(=O)[nH]nc(CNC(=O)OC(C)(C)C)c3c2)c1-c1c(F)cc2ccccc2c1C#N. The maximum atomic E-state index is 15.6. The summed E-state index contributed by atoms with van der Waals surface area (Å²) in [7, 11) is 1.59. The lowest BCUT2D eigenvalue weighted by Crippen LogP contribution is -2.32. The van der Waals surface area contributed by atoms with Crippen LogP contribution in [0.25, 0.3) is 43.9 Å². The van der Waals surface area contributed by atoms with Crippen LogP contribution in [0.1, 0.15) is 32.0 Å². The van der Waals surface area contributed by atoms with Crippen molar-refractivity contribution in [3.05, 3.63) is 81.9 Å². The van der Waals surface area contributed by atoms with E-state index in [1.54, 1.807) is 52.1 Å². The summed E-state index contributed by atoms with van der Waals surface area (Å²) in [6, 6.07) is 13.1. The van der Waals surface area contributed by atoms with Crippen LogP contribution < -0.4 is 10.9 Å².